The Labute approximate surface area is 139 Å². The Balaban J connectivity index is 1.64. The molecule has 23 heavy (non-hydrogen) atoms. The minimum Gasteiger partial charge on any atom is -0.414 e. The third kappa shape index (κ3) is 4.11. The maximum Gasteiger partial charge on any atom is 0.328 e. The fourth-order valence-electron chi connectivity index (χ4n) is 1.80. The summed E-state index contributed by atoms with van der Waals surface area (Å²) in [6.07, 6.45) is 1.38. The van der Waals surface area contributed by atoms with Crippen LogP contribution in [0.5, 0.6) is 0 Å². The zero-order valence-corrected chi connectivity index (χ0v) is 13.3. The van der Waals surface area contributed by atoms with Gasteiger partial charge in [0.2, 0.25) is 5.89 Å². The van der Waals surface area contributed by atoms with Crippen LogP contribution in [0.3, 0.4) is 0 Å². The predicted octanol–water partition coefficient (Wildman–Crippen LogP) is 1.91. The quantitative estimate of drug-likeness (QED) is 0.706. The molecular weight excluding hydrogens is 340 g/mol. The van der Waals surface area contributed by atoms with Crippen molar-refractivity contribution in [2.24, 2.45) is 0 Å². The van der Waals surface area contributed by atoms with Gasteiger partial charge in [-0.1, -0.05) is 35.5 Å². The van der Waals surface area contributed by atoms with Crippen molar-refractivity contribution in [1.82, 2.24) is 19.7 Å². The van der Waals surface area contributed by atoms with Crippen molar-refractivity contribution in [2.75, 3.05) is 0 Å². The van der Waals surface area contributed by atoms with Crippen molar-refractivity contribution in [3.05, 3.63) is 73.8 Å². The van der Waals surface area contributed by atoms with Crippen LogP contribution >= 0.6 is 23.4 Å². The van der Waals surface area contributed by atoms with E-state index in [0.29, 0.717) is 16.0 Å². The monoisotopic (exact) mass is 350 g/mol. The van der Waals surface area contributed by atoms with Crippen LogP contribution in [0, 0.1) is 0 Å². The lowest BCUT2D eigenvalue weighted by Crippen LogP contribution is -2.28. The van der Waals surface area contributed by atoms with E-state index in [-0.39, 0.29) is 12.4 Å². The third-order valence-electron chi connectivity index (χ3n) is 2.93. The van der Waals surface area contributed by atoms with Gasteiger partial charge in [-0.2, -0.15) is 0 Å². The molecule has 0 aliphatic carbocycles. The van der Waals surface area contributed by atoms with Crippen molar-refractivity contribution < 1.29 is 4.42 Å². The topological polar surface area (TPSA) is 93.8 Å². The van der Waals surface area contributed by atoms with Crippen LogP contribution in [0.2, 0.25) is 5.02 Å². The van der Waals surface area contributed by atoms with Gasteiger partial charge < -0.3 is 4.42 Å². The van der Waals surface area contributed by atoms with Crippen LogP contribution in [-0.2, 0) is 12.3 Å². The van der Waals surface area contributed by atoms with E-state index < -0.39 is 11.2 Å². The minimum absolute atomic E-state index is 0.101. The second-order valence-electron chi connectivity index (χ2n) is 4.61. The lowest BCUT2D eigenvalue weighted by molar-refractivity contribution is 0.401. The van der Waals surface area contributed by atoms with Crippen molar-refractivity contribution in [3.8, 4) is 0 Å². The molecule has 0 spiro atoms. The van der Waals surface area contributed by atoms with Crippen molar-refractivity contribution in [3.63, 3.8) is 0 Å². The summed E-state index contributed by atoms with van der Waals surface area (Å²) in [4.78, 5) is 24.8. The van der Waals surface area contributed by atoms with Gasteiger partial charge in [0.15, 0.2) is 0 Å². The molecule has 118 valence electrons. The van der Waals surface area contributed by atoms with E-state index in [4.69, 9.17) is 16.0 Å². The number of halogens is 1. The summed E-state index contributed by atoms with van der Waals surface area (Å²) in [6.45, 7) is 0.101. The zero-order chi connectivity index (χ0) is 16.2. The van der Waals surface area contributed by atoms with E-state index in [1.54, 1.807) is 0 Å². The van der Waals surface area contributed by atoms with E-state index >= 15 is 0 Å². The summed E-state index contributed by atoms with van der Waals surface area (Å²) in [5.74, 6) is 0.954. The molecular formula is C14H11ClN4O3S. The molecule has 2 aromatic heterocycles. The molecule has 0 bridgehead atoms. The molecule has 9 heteroatoms. The third-order valence-corrected chi connectivity index (χ3v) is 4.07. The van der Waals surface area contributed by atoms with Crippen molar-refractivity contribution in [2.45, 2.75) is 17.5 Å². The Hall–Kier alpha value is -2.32. The van der Waals surface area contributed by atoms with Gasteiger partial charge in [-0.3, -0.25) is 14.3 Å². The Morgan fingerprint density at radius 3 is 2.70 bits per heavy atom. The fourth-order valence-corrected chi connectivity index (χ4v) is 2.66. The van der Waals surface area contributed by atoms with Gasteiger partial charge in [-0.25, -0.2) is 4.79 Å². The first-order valence-corrected chi connectivity index (χ1v) is 7.96. The van der Waals surface area contributed by atoms with E-state index in [2.05, 4.69) is 15.2 Å². The molecule has 3 rings (SSSR count). The molecule has 0 atom stereocenters. The summed E-state index contributed by atoms with van der Waals surface area (Å²) >= 11 is 7.22. The normalized spacial score (nSPS) is 10.8. The SMILES string of the molecule is O=c1ccn(Cc2nnc(SCc3ccc(Cl)cc3)o2)c(=O)[nH]1. The number of benzene rings is 1. The number of nitrogens with zero attached hydrogens (tertiary/aromatic N) is 3. The zero-order valence-electron chi connectivity index (χ0n) is 11.7. The van der Waals surface area contributed by atoms with Gasteiger partial charge in [0.25, 0.3) is 10.8 Å². The summed E-state index contributed by atoms with van der Waals surface area (Å²) in [5, 5.41) is 8.91. The molecule has 0 fully saturated rings. The van der Waals surface area contributed by atoms with Crippen molar-refractivity contribution >= 4 is 23.4 Å². The number of nitrogens with one attached hydrogen (secondary N) is 1. The lowest BCUT2D eigenvalue weighted by Gasteiger charge is -1.99. The molecule has 0 saturated carbocycles. The Morgan fingerprint density at radius 1 is 1.17 bits per heavy atom. The first-order chi connectivity index (χ1) is 11.1. The molecule has 0 saturated heterocycles. The average molecular weight is 351 g/mol. The fraction of sp³-hybridized carbons (Fsp3) is 0.143. The molecule has 0 aliphatic rings. The molecule has 0 amide bonds. The average Bonchev–Trinajstić information content (AvgIpc) is 2.97. The van der Waals surface area contributed by atoms with Crippen LogP contribution in [0.15, 0.2) is 55.8 Å². The Kier molecular flexibility index (Phi) is 4.63. The molecule has 0 radical (unpaired) electrons. The smallest absolute Gasteiger partial charge is 0.328 e. The highest BCUT2D eigenvalue weighted by Crippen LogP contribution is 2.22. The van der Waals surface area contributed by atoms with Gasteiger partial charge in [-0.15, -0.1) is 10.2 Å². The molecule has 1 N–H and O–H groups in total. The maximum absolute atomic E-state index is 11.6. The summed E-state index contributed by atoms with van der Waals surface area (Å²) in [5.41, 5.74) is 0.109. The van der Waals surface area contributed by atoms with Gasteiger partial charge in [0, 0.05) is 23.0 Å². The number of rotatable bonds is 5. The first kappa shape index (κ1) is 15.6. The van der Waals surface area contributed by atoms with Gasteiger partial charge in [0.1, 0.15) is 6.54 Å². The highest BCUT2D eigenvalue weighted by molar-refractivity contribution is 7.98. The molecule has 3 aromatic rings. The first-order valence-electron chi connectivity index (χ1n) is 6.59. The molecule has 0 unspecified atom stereocenters. The van der Waals surface area contributed by atoms with Gasteiger partial charge >= 0.3 is 5.69 Å². The Morgan fingerprint density at radius 2 is 1.96 bits per heavy atom. The maximum atomic E-state index is 11.6. The standard InChI is InChI=1S/C14H11ClN4O3S/c15-10-3-1-9(2-4-10)8-23-14-18-17-12(22-14)7-19-6-5-11(20)16-13(19)21/h1-6H,7-8H2,(H,16,20,21). The largest absolute Gasteiger partial charge is 0.414 e. The number of thioether (sulfide) groups is 1. The van der Waals surface area contributed by atoms with Crippen molar-refractivity contribution in [1.29, 1.82) is 0 Å². The molecule has 1 aromatic carbocycles. The van der Waals surface area contributed by atoms with Gasteiger partial charge in [-0.05, 0) is 17.7 Å². The van der Waals surface area contributed by atoms with Crippen LogP contribution in [0.4, 0.5) is 0 Å². The summed E-state index contributed by atoms with van der Waals surface area (Å²) in [6, 6.07) is 8.74. The molecule has 2 heterocycles. The number of hydrogen-bond acceptors (Lipinski definition) is 6. The number of hydrogen-bond donors (Lipinski definition) is 1. The van der Waals surface area contributed by atoms with E-state index in [1.165, 1.54) is 28.6 Å². The highest BCUT2D eigenvalue weighted by atomic mass is 35.5. The number of aromatic amines is 1. The second-order valence-corrected chi connectivity index (χ2v) is 5.98. The van der Waals surface area contributed by atoms with E-state index in [0.717, 1.165) is 5.56 Å². The van der Waals surface area contributed by atoms with E-state index in [9.17, 15) is 9.59 Å². The highest BCUT2D eigenvalue weighted by Gasteiger charge is 2.09. The lowest BCUT2D eigenvalue weighted by atomic mass is 10.2. The summed E-state index contributed by atoms with van der Waals surface area (Å²) in [7, 11) is 0. The van der Waals surface area contributed by atoms with Crippen LogP contribution < -0.4 is 11.2 Å². The van der Waals surface area contributed by atoms with Gasteiger partial charge in [0.05, 0.1) is 0 Å². The number of H-pyrrole nitrogens is 1. The summed E-state index contributed by atoms with van der Waals surface area (Å²) < 4.78 is 6.76. The molecule has 7 nitrogen and oxygen atoms in total. The predicted molar refractivity (Wildman–Crippen MR) is 85.7 cm³/mol. The second kappa shape index (κ2) is 6.84. The van der Waals surface area contributed by atoms with Crippen LogP contribution in [0.25, 0.3) is 0 Å². The van der Waals surface area contributed by atoms with Crippen LogP contribution in [-0.4, -0.2) is 19.7 Å². The molecule has 0 aliphatic heterocycles. The Bertz CT molecular complexity index is 917. The minimum atomic E-state index is -0.522. The van der Waals surface area contributed by atoms with E-state index in [1.807, 2.05) is 24.3 Å². The number of aromatic nitrogens is 4. The van der Waals surface area contributed by atoms with Crippen LogP contribution in [0.1, 0.15) is 11.5 Å².